The predicted molar refractivity (Wildman–Crippen MR) is 111 cm³/mol. The van der Waals surface area contributed by atoms with Gasteiger partial charge < -0.3 is 13.8 Å². The van der Waals surface area contributed by atoms with E-state index in [1.54, 1.807) is 26.0 Å². The summed E-state index contributed by atoms with van der Waals surface area (Å²) in [4.78, 5) is 25.5. The zero-order chi connectivity index (χ0) is 22.1. The number of aromatic nitrogens is 3. The standard InChI is InChI=1S/C23H21N3O5/c1-13-10-18(15(3)26(13)20-11-14(2)30-24-20)19(27)12-29-23(28)21-16(4)31-25-22(21)17-8-6-5-7-9-17/h5-11H,12H2,1-4H3. The predicted octanol–water partition coefficient (Wildman–Crippen LogP) is 4.39. The van der Waals surface area contributed by atoms with E-state index < -0.39 is 12.6 Å². The Morgan fingerprint density at radius 1 is 1.00 bits per heavy atom. The van der Waals surface area contributed by atoms with Gasteiger partial charge >= 0.3 is 5.97 Å². The van der Waals surface area contributed by atoms with E-state index in [9.17, 15) is 9.59 Å². The van der Waals surface area contributed by atoms with Gasteiger partial charge in [0.15, 0.2) is 12.4 Å². The summed E-state index contributed by atoms with van der Waals surface area (Å²) in [6, 6.07) is 12.7. The Labute approximate surface area is 178 Å². The molecule has 0 radical (unpaired) electrons. The van der Waals surface area contributed by atoms with Crippen LogP contribution >= 0.6 is 0 Å². The molecule has 8 nitrogen and oxygen atoms in total. The molecule has 0 saturated carbocycles. The third kappa shape index (κ3) is 3.79. The average Bonchev–Trinajstić information content (AvgIpc) is 3.43. The Morgan fingerprint density at radius 3 is 2.42 bits per heavy atom. The number of hydrogen-bond acceptors (Lipinski definition) is 7. The lowest BCUT2D eigenvalue weighted by atomic mass is 10.1. The second kappa shape index (κ2) is 8.06. The average molecular weight is 419 g/mol. The Kier molecular flexibility index (Phi) is 5.29. The summed E-state index contributed by atoms with van der Waals surface area (Å²) in [5.41, 5.74) is 3.29. The third-order valence-corrected chi connectivity index (χ3v) is 5.02. The summed E-state index contributed by atoms with van der Waals surface area (Å²) >= 11 is 0. The van der Waals surface area contributed by atoms with E-state index in [2.05, 4.69) is 10.3 Å². The maximum Gasteiger partial charge on any atom is 0.344 e. The molecule has 0 aliphatic carbocycles. The number of rotatable bonds is 6. The molecule has 158 valence electrons. The molecule has 0 spiro atoms. The Balaban J connectivity index is 1.53. The number of Topliss-reactive ketones (excluding diaryl/α,β-unsaturated/α-hetero) is 1. The first-order valence-corrected chi connectivity index (χ1v) is 9.71. The van der Waals surface area contributed by atoms with E-state index in [0.29, 0.717) is 34.3 Å². The van der Waals surface area contributed by atoms with E-state index in [0.717, 1.165) is 11.3 Å². The second-order valence-electron chi connectivity index (χ2n) is 7.24. The van der Waals surface area contributed by atoms with Crippen LogP contribution in [-0.2, 0) is 4.74 Å². The van der Waals surface area contributed by atoms with Crippen LogP contribution in [0.1, 0.15) is 43.6 Å². The molecule has 0 bridgehead atoms. The van der Waals surface area contributed by atoms with Crippen molar-refractivity contribution in [1.29, 1.82) is 0 Å². The number of esters is 1. The van der Waals surface area contributed by atoms with Crippen LogP contribution in [0.25, 0.3) is 17.1 Å². The lowest BCUT2D eigenvalue weighted by Crippen LogP contribution is -2.16. The van der Waals surface area contributed by atoms with Crippen molar-refractivity contribution in [3.05, 3.63) is 76.5 Å². The van der Waals surface area contributed by atoms with Gasteiger partial charge in [-0.3, -0.25) is 9.36 Å². The van der Waals surface area contributed by atoms with Crippen LogP contribution in [0.15, 0.2) is 51.5 Å². The van der Waals surface area contributed by atoms with Gasteiger partial charge in [0.05, 0.1) is 0 Å². The normalized spacial score (nSPS) is 11.0. The summed E-state index contributed by atoms with van der Waals surface area (Å²) in [7, 11) is 0. The van der Waals surface area contributed by atoms with Crippen molar-refractivity contribution < 1.29 is 23.4 Å². The largest absolute Gasteiger partial charge is 0.454 e. The first kappa shape index (κ1) is 20.3. The van der Waals surface area contributed by atoms with Gasteiger partial charge in [0.25, 0.3) is 0 Å². The van der Waals surface area contributed by atoms with Crippen LogP contribution in [0.4, 0.5) is 0 Å². The first-order valence-electron chi connectivity index (χ1n) is 9.71. The molecular weight excluding hydrogens is 398 g/mol. The van der Waals surface area contributed by atoms with E-state index in [1.165, 1.54) is 0 Å². The zero-order valence-electron chi connectivity index (χ0n) is 17.6. The monoisotopic (exact) mass is 419 g/mol. The maximum absolute atomic E-state index is 12.8. The molecule has 0 amide bonds. The zero-order valence-corrected chi connectivity index (χ0v) is 17.6. The molecule has 4 rings (SSSR count). The number of ether oxygens (including phenoxy) is 1. The number of ketones is 1. The molecule has 31 heavy (non-hydrogen) atoms. The molecule has 1 aromatic carbocycles. The summed E-state index contributed by atoms with van der Waals surface area (Å²) in [6.07, 6.45) is 0. The van der Waals surface area contributed by atoms with Crippen LogP contribution in [0.2, 0.25) is 0 Å². The van der Waals surface area contributed by atoms with Gasteiger partial charge in [-0.25, -0.2) is 4.79 Å². The number of hydrogen-bond donors (Lipinski definition) is 0. The maximum atomic E-state index is 12.8. The molecule has 8 heteroatoms. The molecular formula is C23H21N3O5. The van der Waals surface area contributed by atoms with E-state index in [-0.39, 0.29) is 11.3 Å². The van der Waals surface area contributed by atoms with E-state index in [4.69, 9.17) is 13.8 Å². The molecule has 0 saturated heterocycles. The lowest BCUT2D eigenvalue weighted by molar-refractivity contribution is 0.0473. The fraction of sp³-hybridized carbons (Fsp3) is 0.217. The van der Waals surface area contributed by atoms with E-state index >= 15 is 0 Å². The van der Waals surface area contributed by atoms with Crippen molar-refractivity contribution in [2.75, 3.05) is 6.61 Å². The lowest BCUT2D eigenvalue weighted by Gasteiger charge is -2.06. The molecule has 0 aliphatic heterocycles. The van der Waals surface area contributed by atoms with Gasteiger partial charge in [-0.05, 0) is 33.8 Å². The van der Waals surface area contributed by atoms with Crippen molar-refractivity contribution in [3.63, 3.8) is 0 Å². The van der Waals surface area contributed by atoms with Gasteiger partial charge in [-0.2, -0.15) is 0 Å². The molecule has 3 aromatic heterocycles. The van der Waals surface area contributed by atoms with E-state index in [1.807, 2.05) is 48.7 Å². The minimum Gasteiger partial charge on any atom is -0.454 e. The Morgan fingerprint density at radius 2 is 1.74 bits per heavy atom. The fourth-order valence-electron chi connectivity index (χ4n) is 3.54. The number of aryl methyl sites for hydroxylation is 3. The summed E-state index contributed by atoms with van der Waals surface area (Å²) < 4.78 is 17.5. The number of carbonyl (C=O) groups is 2. The van der Waals surface area contributed by atoms with Crippen molar-refractivity contribution >= 4 is 11.8 Å². The molecule has 0 aliphatic rings. The molecule has 0 N–H and O–H groups in total. The molecule has 4 aromatic rings. The minimum atomic E-state index is -0.660. The smallest absolute Gasteiger partial charge is 0.344 e. The Bertz CT molecular complexity index is 1260. The van der Waals surface area contributed by atoms with Crippen molar-refractivity contribution in [2.45, 2.75) is 27.7 Å². The van der Waals surface area contributed by atoms with Crippen LogP contribution < -0.4 is 0 Å². The fourth-order valence-corrected chi connectivity index (χ4v) is 3.54. The SMILES string of the molecule is Cc1cc(-n2c(C)cc(C(=O)COC(=O)c3c(-c4ccccc4)noc3C)c2C)no1. The summed E-state index contributed by atoms with van der Waals surface area (Å²) in [5.74, 6) is 0.616. The third-order valence-electron chi connectivity index (χ3n) is 5.02. The quantitative estimate of drug-likeness (QED) is 0.337. The van der Waals surface area contributed by atoms with Crippen molar-refractivity contribution in [1.82, 2.24) is 14.9 Å². The number of nitrogens with zero attached hydrogens (tertiary/aromatic N) is 3. The van der Waals surface area contributed by atoms with Crippen LogP contribution in [0.5, 0.6) is 0 Å². The molecule has 0 unspecified atom stereocenters. The van der Waals surface area contributed by atoms with Crippen molar-refractivity contribution in [2.24, 2.45) is 0 Å². The van der Waals surface area contributed by atoms with Gasteiger partial charge in [0.2, 0.25) is 5.78 Å². The summed E-state index contributed by atoms with van der Waals surface area (Å²) in [6.45, 7) is 6.70. The highest BCUT2D eigenvalue weighted by molar-refractivity contribution is 6.02. The van der Waals surface area contributed by atoms with Gasteiger partial charge in [-0.1, -0.05) is 40.6 Å². The highest BCUT2D eigenvalue weighted by atomic mass is 16.5. The highest BCUT2D eigenvalue weighted by Crippen LogP contribution is 2.26. The Hall–Kier alpha value is -3.94. The number of carbonyl (C=O) groups excluding carboxylic acids is 2. The second-order valence-corrected chi connectivity index (χ2v) is 7.24. The van der Waals surface area contributed by atoms with Gasteiger partial charge in [-0.15, -0.1) is 0 Å². The topological polar surface area (TPSA) is 100 Å². The highest BCUT2D eigenvalue weighted by Gasteiger charge is 2.25. The minimum absolute atomic E-state index is 0.211. The summed E-state index contributed by atoms with van der Waals surface area (Å²) in [5, 5.41) is 7.99. The first-order chi connectivity index (χ1) is 14.9. The van der Waals surface area contributed by atoms with Crippen molar-refractivity contribution in [3.8, 4) is 17.1 Å². The van der Waals surface area contributed by atoms with Gasteiger partial charge in [0, 0.05) is 28.6 Å². The van der Waals surface area contributed by atoms with Crippen LogP contribution in [0.3, 0.4) is 0 Å². The van der Waals surface area contributed by atoms with Crippen LogP contribution in [0, 0.1) is 27.7 Å². The van der Waals surface area contributed by atoms with Gasteiger partial charge in [0.1, 0.15) is 22.8 Å². The molecule has 3 heterocycles. The molecule has 0 fully saturated rings. The molecule has 0 atom stereocenters. The number of benzene rings is 1. The van der Waals surface area contributed by atoms with Crippen LogP contribution in [-0.4, -0.2) is 33.2 Å².